The van der Waals surface area contributed by atoms with Crippen LogP contribution in [0.4, 0.5) is 0 Å². The summed E-state index contributed by atoms with van der Waals surface area (Å²) < 4.78 is 3.20. The van der Waals surface area contributed by atoms with Gasteiger partial charge in [-0.25, -0.2) is 0 Å². The van der Waals surface area contributed by atoms with Crippen LogP contribution in [0.3, 0.4) is 0 Å². The van der Waals surface area contributed by atoms with Gasteiger partial charge in [-0.05, 0) is 44.6 Å². The first-order valence-electron chi connectivity index (χ1n) is 12.0. The Morgan fingerprint density at radius 2 is 1.79 bits per heavy atom. The summed E-state index contributed by atoms with van der Waals surface area (Å²) in [6.45, 7) is 9.57. The van der Waals surface area contributed by atoms with Gasteiger partial charge in [-0.15, -0.1) is 0 Å². The van der Waals surface area contributed by atoms with E-state index in [1.54, 1.807) is 0 Å². The lowest BCUT2D eigenvalue weighted by Crippen LogP contribution is -2.36. The molecule has 0 atom stereocenters. The Balaban J connectivity index is 1.79. The molecule has 0 spiro atoms. The van der Waals surface area contributed by atoms with Crippen LogP contribution in [-0.4, -0.2) is 51.3 Å². The van der Waals surface area contributed by atoms with Crippen LogP contribution in [0.2, 0.25) is 0 Å². The van der Waals surface area contributed by atoms with E-state index < -0.39 is 0 Å². The van der Waals surface area contributed by atoms with Crippen molar-refractivity contribution in [3.63, 3.8) is 0 Å². The molecule has 34 heavy (non-hydrogen) atoms. The smallest absolute Gasteiger partial charge is 0.296 e. The number of aryl methyl sites for hydroxylation is 2. The van der Waals surface area contributed by atoms with Crippen molar-refractivity contribution in [2.75, 3.05) is 26.2 Å². The van der Waals surface area contributed by atoms with Gasteiger partial charge < -0.3 is 14.8 Å². The Bertz CT molecular complexity index is 1370. The summed E-state index contributed by atoms with van der Waals surface area (Å²) in [4.78, 5) is 29.3. The number of nitrogens with one attached hydrogen (secondary N) is 1. The first-order chi connectivity index (χ1) is 16.5. The number of likely N-dealkylation sites (N-methyl/N-ethyl adjacent to an activating group) is 1. The summed E-state index contributed by atoms with van der Waals surface area (Å²) in [6, 6.07) is 15.3. The number of rotatable bonds is 9. The highest BCUT2D eigenvalue weighted by molar-refractivity contribution is 6.16. The van der Waals surface area contributed by atoms with Gasteiger partial charge in [-0.3, -0.25) is 9.59 Å². The minimum Gasteiger partial charge on any atom is -0.349 e. The Hall–Kier alpha value is -3.45. The van der Waals surface area contributed by atoms with E-state index in [1.165, 1.54) is 4.68 Å². The van der Waals surface area contributed by atoms with E-state index in [-0.39, 0.29) is 17.2 Å². The van der Waals surface area contributed by atoms with E-state index in [1.807, 2.05) is 67.1 Å². The molecule has 0 radical (unpaired) electrons. The molecule has 0 aliphatic carbocycles. The van der Waals surface area contributed by atoms with E-state index >= 15 is 0 Å². The number of amides is 1. The zero-order valence-corrected chi connectivity index (χ0v) is 20.5. The Labute approximate surface area is 200 Å². The summed E-state index contributed by atoms with van der Waals surface area (Å²) in [5, 5.41) is 9.09. The second-order valence-electron chi connectivity index (χ2n) is 8.74. The molecule has 178 valence electrons. The van der Waals surface area contributed by atoms with Crippen LogP contribution >= 0.6 is 0 Å². The zero-order chi connectivity index (χ0) is 24.2. The van der Waals surface area contributed by atoms with Crippen molar-refractivity contribution >= 4 is 27.7 Å². The average Bonchev–Trinajstić information content (AvgIpc) is 3.15. The zero-order valence-electron chi connectivity index (χ0n) is 20.5. The highest BCUT2D eigenvalue weighted by Crippen LogP contribution is 2.28. The largest absolute Gasteiger partial charge is 0.349 e. The molecule has 7 heteroatoms. The molecule has 2 aromatic carbocycles. The maximum absolute atomic E-state index is 13.6. The highest BCUT2D eigenvalue weighted by atomic mass is 16.2. The number of aromatic nitrogens is 3. The molecule has 2 heterocycles. The van der Waals surface area contributed by atoms with Gasteiger partial charge in [0.05, 0.1) is 5.69 Å². The minimum absolute atomic E-state index is 0.245. The highest BCUT2D eigenvalue weighted by Gasteiger charge is 2.23. The fraction of sp³-hybridized carbons (Fsp3) is 0.370. The van der Waals surface area contributed by atoms with Crippen molar-refractivity contribution in [2.45, 2.75) is 33.6 Å². The molecule has 0 bridgehead atoms. The molecule has 0 fully saturated rings. The van der Waals surface area contributed by atoms with Crippen LogP contribution in [0.5, 0.6) is 0 Å². The first kappa shape index (κ1) is 23.7. The molecule has 2 aromatic heterocycles. The normalized spacial score (nSPS) is 11.6. The molecule has 4 rings (SSSR count). The molecule has 0 unspecified atom stereocenters. The van der Waals surface area contributed by atoms with Crippen LogP contribution in [0.25, 0.3) is 27.5 Å². The molecular formula is C27H33N5O2. The number of hydrogen-bond donors (Lipinski definition) is 1. The van der Waals surface area contributed by atoms with Gasteiger partial charge in [-0.1, -0.05) is 56.2 Å². The van der Waals surface area contributed by atoms with E-state index in [9.17, 15) is 9.59 Å². The van der Waals surface area contributed by atoms with Crippen molar-refractivity contribution in [2.24, 2.45) is 7.05 Å². The van der Waals surface area contributed by atoms with Crippen LogP contribution in [0.15, 0.2) is 53.3 Å². The van der Waals surface area contributed by atoms with E-state index in [4.69, 9.17) is 0 Å². The fourth-order valence-electron chi connectivity index (χ4n) is 4.42. The maximum Gasteiger partial charge on any atom is 0.296 e. The lowest BCUT2D eigenvalue weighted by Gasteiger charge is -2.20. The van der Waals surface area contributed by atoms with Crippen LogP contribution in [-0.2, 0) is 7.05 Å². The Morgan fingerprint density at radius 3 is 2.50 bits per heavy atom. The van der Waals surface area contributed by atoms with Crippen molar-refractivity contribution < 1.29 is 4.79 Å². The quantitative estimate of drug-likeness (QED) is 0.410. The average molecular weight is 460 g/mol. The number of carbonyl (C=O) groups is 1. The molecular weight excluding hydrogens is 426 g/mol. The third-order valence-electron chi connectivity index (χ3n) is 6.42. The molecule has 1 amide bonds. The minimum atomic E-state index is -0.270. The molecule has 7 nitrogen and oxygen atoms in total. The number of nitrogens with zero attached hydrogens (tertiary/aromatic N) is 4. The summed E-state index contributed by atoms with van der Waals surface area (Å²) in [5.41, 5.74) is 3.11. The lowest BCUT2D eigenvalue weighted by atomic mass is 10.1. The fourth-order valence-corrected chi connectivity index (χ4v) is 4.42. The lowest BCUT2D eigenvalue weighted by molar-refractivity contribution is 0.0943. The Kier molecular flexibility index (Phi) is 7.12. The standard InChI is InChI=1S/C27H33N5O2/c1-5-7-17-31(6-2)18-16-28-26(33)24-23-21-10-8-9-11-22(21)30(4)25(23)27(34)32(29-24)20-14-12-19(3)13-15-20/h8-15H,5-7,16-18H2,1-4H3,(H,28,33). The first-order valence-corrected chi connectivity index (χ1v) is 12.0. The van der Waals surface area contributed by atoms with E-state index in [0.29, 0.717) is 23.1 Å². The van der Waals surface area contributed by atoms with Crippen molar-refractivity contribution in [1.29, 1.82) is 0 Å². The number of unbranched alkanes of at least 4 members (excludes halogenated alkanes) is 1. The number of carbonyl (C=O) groups excluding carboxylic acids is 1. The third-order valence-corrected chi connectivity index (χ3v) is 6.42. The monoisotopic (exact) mass is 459 g/mol. The number of benzene rings is 2. The molecule has 0 saturated carbocycles. The predicted molar refractivity (Wildman–Crippen MR) is 138 cm³/mol. The summed E-state index contributed by atoms with van der Waals surface area (Å²) >= 11 is 0. The second-order valence-corrected chi connectivity index (χ2v) is 8.74. The van der Waals surface area contributed by atoms with Crippen molar-refractivity contribution in [3.8, 4) is 5.69 Å². The van der Waals surface area contributed by atoms with Crippen molar-refractivity contribution in [3.05, 3.63) is 70.1 Å². The molecule has 1 N–H and O–H groups in total. The predicted octanol–water partition coefficient (Wildman–Crippen LogP) is 4.04. The van der Waals surface area contributed by atoms with Gasteiger partial charge in [0, 0.05) is 36.4 Å². The number of para-hydroxylation sites is 1. The SMILES string of the molecule is CCCCN(CC)CCNC(=O)c1nn(-c2ccc(C)cc2)c(=O)c2c1c1ccccc1n2C. The van der Waals surface area contributed by atoms with Gasteiger partial charge >= 0.3 is 0 Å². The summed E-state index contributed by atoms with van der Waals surface area (Å²) in [7, 11) is 1.86. The summed E-state index contributed by atoms with van der Waals surface area (Å²) in [6.07, 6.45) is 2.29. The van der Waals surface area contributed by atoms with Crippen LogP contribution in [0, 0.1) is 6.92 Å². The van der Waals surface area contributed by atoms with Gasteiger partial charge in [-0.2, -0.15) is 9.78 Å². The van der Waals surface area contributed by atoms with Crippen molar-refractivity contribution in [1.82, 2.24) is 24.6 Å². The molecule has 4 aromatic rings. The van der Waals surface area contributed by atoms with Gasteiger partial charge in [0.1, 0.15) is 5.52 Å². The third kappa shape index (κ3) is 4.48. The van der Waals surface area contributed by atoms with Crippen LogP contribution < -0.4 is 10.9 Å². The van der Waals surface area contributed by atoms with Gasteiger partial charge in [0.25, 0.3) is 11.5 Å². The topological polar surface area (TPSA) is 72.2 Å². The second kappa shape index (κ2) is 10.2. The number of fused-ring (bicyclic) bond motifs is 3. The van der Waals surface area contributed by atoms with Crippen LogP contribution in [0.1, 0.15) is 42.7 Å². The molecule has 0 saturated heterocycles. The number of hydrogen-bond acceptors (Lipinski definition) is 4. The molecule has 0 aliphatic rings. The van der Waals surface area contributed by atoms with E-state index in [0.717, 1.165) is 48.9 Å². The molecule has 0 aliphatic heterocycles. The van der Waals surface area contributed by atoms with Gasteiger partial charge in [0.2, 0.25) is 0 Å². The van der Waals surface area contributed by atoms with Gasteiger partial charge in [0.15, 0.2) is 5.69 Å². The maximum atomic E-state index is 13.6. The van der Waals surface area contributed by atoms with E-state index in [2.05, 4.69) is 29.2 Å². The Morgan fingerprint density at radius 1 is 1.06 bits per heavy atom. The summed E-state index contributed by atoms with van der Waals surface area (Å²) in [5.74, 6) is -0.270.